The molecule has 0 unspecified atom stereocenters. The van der Waals surface area contributed by atoms with Crippen molar-refractivity contribution >= 4 is 17.8 Å². The zero-order chi connectivity index (χ0) is 28.0. The van der Waals surface area contributed by atoms with Crippen LogP contribution in [0.2, 0.25) is 0 Å². The summed E-state index contributed by atoms with van der Waals surface area (Å²) >= 11 is 0. The lowest BCUT2D eigenvalue weighted by Gasteiger charge is -2.13. The van der Waals surface area contributed by atoms with E-state index >= 15 is 0 Å². The average Bonchev–Trinajstić information content (AvgIpc) is 3.19. The molecular weight excluding hydrogens is 494 g/mol. The van der Waals surface area contributed by atoms with Crippen LogP contribution in [0.1, 0.15) is 130 Å². The summed E-state index contributed by atoms with van der Waals surface area (Å²) in [6.07, 6.45) is 20.1. The minimum Gasteiger partial charge on any atom is -0.463 e. The maximum atomic E-state index is 12.3. The second-order valence-electron chi connectivity index (χ2n) is 10.5. The number of nitrogens with zero attached hydrogens (tertiary/aromatic N) is 1. The van der Waals surface area contributed by atoms with Crippen LogP contribution in [0.15, 0.2) is 24.3 Å². The van der Waals surface area contributed by atoms with Crippen molar-refractivity contribution in [2.45, 2.75) is 110 Å². The molecule has 1 aliphatic rings. The molecule has 1 aromatic carbocycles. The number of rotatable bonds is 25. The molecule has 2 rings (SSSR count). The molecule has 220 valence electrons. The quantitative estimate of drug-likeness (QED) is 0.0739. The van der Waals surface area contributed by atoms with E-state index in [2.05, 4.69) is 6.92 Å². The van der Waals surface area contributed by atoms with E-state index in [-0.39, 0.29) is 37.5 Å². The van der Waals surface area contributed by atoms with Gasteiger partial charge in [0.15, 0.2) is 0 Å². The van der Waals surface area contributed by atoms with Gasteiger partial charge in [-0.15, -0.1) is 0 Å². The number of imide groups is 1. The Bertz CT molecular complexity index is 792. The summed E-state index contributed by atoms with van der Waals surface area (Å²) in [6, 6.07) is 6.83. The Morgan fingerprint density at radius 3 is 1.56 bits per heavy atom. The molecule has 1 aliphatic heterocycles. The number of ether oxygens (including phenoxy) is 3. The molecular formula is C32H51NO6. The van der Waals surface area contributed by atoms with E-state index in [0.717, 1.165) is 12.8 Å². The molecule has 2 amide bonds. The second kappa shape index (κ2) is 21.6. The molecule has 0 radical (unpaired) electrons. The number of hydrogen-bond acceptors (Lipinski definition) is 6. The largest absolute Gasteiger partial charge is 0.463 e. The molecule has 0 spiro atoms. The summed E-state index contributed by atoms with van der Waals surface area (Å²) in [5.41, 5.74) is 0.889. The van der Waals surface area contributed by atoms with Crippen LogP contribution in [0.5, 0.6) is 0 Å². The van der Waals surface area contributed by atoms with Crippen LogP contribution >= 0.6 is 0 Å². The molecule has 0 N–H and O–H groups in total. The summed E-state index contributed by atoms with van der Waals surface area (Å²) < 4.78 is 16.1. The maximum Gasteiger partial charge on any atom is 0.305 e. The average molecular weight is 546 g/mol. The van der Waals surface area contributed by atoms with Crippen molar-refractivity contribution in [2.24, 2.45) is 0 Å². The molecule has 0 bridgehead atoms. The Labute approximate surface area is 235 Å². The van der Waals surface area contributed by atoms with Gasteiger partial charge in [0.25, 0.3) is 11.8 Å². The van der Waals surface area contributed by atoms with Gasteiger partial charge in [0, 0.05) is 6.42 Å². The molecule has 0 fully saturated rings. The van der Waals surface area contributed by atoms with Crippen molar-refractivity contribution in [2.75, 3.05) is 39.6 Å². The van der Waals surface area contributed by atoms with Gasteiger partial charge in [0.2, 0.25) is 0 Å². The highest BCUT2D eigenvalue weighted by Crippen LogP contribution is 2.22. The summed E-state index contributed by atoms with van der Waals surface area (Å²) in [6.45, 7) is 4.00. The third kappa shape index (κ3) is 14.1. The number of benzene rings is 1. The monoisotopic (exact) mass is 545 g/mol. The maximum absolute atomic E-state index is 12.3. The van der Waals surface area contributed by atoms with E-state index in [1.165, 1.54) is 88.4 Å². The smallest absolute Gasteiger partial charge is 0.305 e. The third-order valence-corrected chi connectivity index (χ3v) is 7.18. The predicted octanol–water partition coefficient (Wildman–Crippen LogP) is 7.12. The fraction of sp³-hybridized carbons (Fsp3) is 0.719. The van der Waals surface area contributed by atoms with Crippen LogP contribution in [-0.2, 0) is 19.0 Å². The minimum absolute atomic E-state index is 0.162. The molecule has 0 aromatic heterocycles. The van der Waals surface area contributed by atoms with Gasteiger partial charge < -0.3 is 14.2 Å². The van der Waals surface area contributed by atoms with Crippen molar-refractivity contribution in [1.29, 1.82) is 0 Å². The van der Waals surface area contributed by atoms with E-state index in [1.807, 2.05) is 0 Å². The number of carbonyl (C=O) groups is 3. The van der Waals surface area contributed by atoms with Crippen molar-refractivity contribution < 1.29 is 28.6 Å². The van der Waals surface area contributed by atoms with Gasteiger partial charge in [-0.1, -0.05) is 109 Å². The molecule has 39 heavy (non-hydrogen) atoms. The van der Waals surface area contributed by atoms with Crippen LogP contribution in [-0.4, -0.2) is 62.3 Å². The Kier molecular flexibility index (Phi) is 18.2. The molecule has 1 heterocycles. The van der Waals surface area contributed by atoms with Crippen LogP contribution < -0.4 is 0 Å². The minimum atomic E-state index is -0.276. The highest BCUT2D eigenvalue weighted by molar-refractivity contribution is 6.21. The lowest BCUT2D eigenvalue weighted by molar-refractivity contribution is -0.145. The highest BCUT2D eigenvalue weighted by atomic mass is 16.6. The lowest BCUT2D eigenvalue weighted by Crippen LogP contribution is -2.33. The van der Waals surface area contributed by atoms with E-state index in [0.29, 0.717) is 37.4 Å². The number of unbranched alkanes of at least 4 members (excludes halogenated alkanes) is 14. The van der Waals surface area contributed by atoms with E-state index in [4.69, 9.17) is 14.2 Å². The fourth-order valence-corrected chi connectivity index (χ4v) is 4.85. The van der Waals surface area contributed by atoms with Crippen molar-refractivity contribution in [3.8, 4) is 0 Å². The van der Waals surface area contributed by atoms with Crippen molar-refractivity contribution in [1.82, 2.24) is 4.90 Å². The van der Waals surface area contributed by atoms with Gasteiger partial charge in [-0.25, -0.2) is 0 Å². The van der Waals surface area contributed by atoms with E-state index in [1.54, 1.807) is 24.3 Å². The third-order valence-electron chi connectivity index (χ3n) is 7.18. The van der Waals surface area contributed by atoms with Gasteiger partial charge in [0.05, 0.1) is 44.1 Å². The molecule has 0 saturated heterocycles. The van der Waals surface area contributed by atoms with Crippen LogP contribution in [0.4, 0.5) is 0 Å². The number of hydrogen-bond donors (Lipinski definition) is 0. The number of fused-ring (bicyclic) bond motifs is 1. The first-order valence-electron chi connectivity index (χ1n) is 15.4. The van der Waals surface area contributed by atoms with Gasteiger partial charge in [-0.05, 0) is 18.6 Å². The van der Waals surface area contributed by atoms with Gasteiger partial charge in [-0.2, -0.15) is 0 Å². The van der Waals surface area contributed by atoms with Crippen molar-refractivity contribution in [3.63, 3.8) is 0 Å². The topological polar surface area (TPSA) is 82.1 Å². The summed E-state index contributed by atoms with van der Waals surface area (Å²) in [5, 5.41) is 0. The molecule has 0 atom stereocenters. The van der Waals surface area contributed by atoms with Crippen LogP contribution in [0.3, 0.4) is 0 Å². The molecule has 1 aromatic rings. The Balaban J connectivity index is 1.29. The highest BCUT2D eigenvalue weighted by Gasteiger charge is 2.34. The molecule has 7 heteroatoms. The first kappa shape index (κ1) is 33.0. The van der Waals surface area contributed by atoms with Gasteiger partial charge in [0.1, 0.15) is 6.61 Å². The molecule has 0 saturated carbocycles. The normalized spacial score (nSPS) is 12.8. The van der Waals surface area contributed by atoms with E-state index < -0.39 is 0 Å². The second-order valence-corrected chi connectivity index (χ2v) is 10.5. The standard InChI is InChI=1S/C32H51NO6/c1-2-3-4-5-6-7-8-9-10-11-12-13-14-15-16-21-30(34)39-27-26-38-25-24-37-23-22-33-31(35)28-19-17-18-20-29(28)32(33)36/h17-20H,2-16,21-27H2,1H3. The zero-order valence-corrected chi connectivity index (χ0v) is 24.3. The zero-order valence-electron chi connectivity index (χ0n) is 24.3. The van der Waals surface area contributed by atoms with Gasteiger partial charge >= 0.3 is 5.97 Å². The lowest BCUT2D eigenvalue weighted by atomic mass is 10.0. The fourth-order valence-electron chi connectivity index (χ4n) is 4.85. The van der Waals surface area contributed by atoms with Gasteiger partial charge in [-0.3, -0.25) is 19.3 Å². The number of carbonyl (C=O) groups excluding carboxylic acids is 3. The number of amides is 2. The Morgan fingerprint density at radius 1 is 0.615 bits per heavy atom. The first-order valence-corrected chi connectivity index (χ1v) is 15.4. The SMILES string of the molecule is CCCCCCCCCCCCCCCCCC(=O)OCCOCCOCCN1C(=O)c2ccccc2C1=O. The molecule has 0 aliphatic carbocycles. The Hall–Kier alpha value is -2.25. The number of esters is 1. The summed E-state index contributed by atoms with van der Waals surface area (Å²) in [5.74, 6) is -0.714. The van der Waals surface area contributed by atoms with Crippen LogP contribution in [0, 0.1) is 0 Å². The van der Waals surface area contributed by atoms with Crippen LogP contribution in [0.25, 0.3) is 0 Å². The van der Waals surface area contributed by atoms with Crippen molar-refractivity contribution in [3.05, 3.63) is 35.4 Å². The Morgan fingerprint density at radius 2 is 1.05 bits per heavy atom. The van der Waals surface area contributed by atoms with E-state index in [9.17, 15) is 14.4 Å². The molecule has 7 nitrogen and oxygen atoms in total. The first-order chi connectivity index (χ1) is 19.1. The summed E-state index contributed by atoms with van der Waals surface area (Å²) in [7, 11) is 0. The predicted molar refractivity (Wildman–Crippen MR) is 154 cm³/mol. The summed E-state index contributed by atoms with van der Waals surface area (Å²) in [4.78, 5) is 37.6.